The standard InChI is InChI=1S/C23H22N4O6/c1-27-11-18(20(26-27)21(29)24-10-19(28)22(30)31)25-23(32)33-12-17-15-8-4-2-6-13(15)14-7-3-5-9-16(14)17/h2-9,11,17,19,28H,10,12H2,1H3,(H,24,29)(H,25,32)(H,30,31)/t19-/m0/s1. The summed E-state index contributed by atoms with van der Waals surface area (Å²) in [5.74, 6) is -2.32. The number of carbonyl (C=O) groups excluding carboxylic acids is 2. The van der Waals surface area contributed by atoms with Gasteiger partial charge in [-0.15, -0.1) is 0 Å². The third-order valence-electron chi connectivity index (χ3n) is 5.37. The SMILES string of the molecule is Cn1cc(NC(=O)OCC2c3ccccc3-c3ccccc32)c(C(=O)NC[C@H](O)C(=O)O)n1. The average Bonchev–Trinajstić information content (AvgIpc) is 3.33. The summed E-state index contributed by atoms with van der Waals surface area (Å²) >= 11 is 0. The maximum atomic E-state index is 12.5. The zero-order chi connectivity index (χ0) is 23.5. The predicted octanol–water partition coefficient (Wildman–Crippen LogP) is 1.96. The number of aliphatic hydroxyl groups excluding tert-OH is 1. The Hall–Kier alpha value is -4.18. The van der Waals surface area contributed by atoms with E-state index in [1.54, 1.807) is 7.05 Å². The van der Waals surface area contributed by atoms with Crippen LogP contribution in [-0.2, 0) is 16.6 Å². The molecule has 1 aliphatic rings. The molecular weight excluding hydrogens is 428 g/mol. The van der Waals surface area contributed by atoms with E-state index in [-0.39, 0.29) is 23.9 Å². The lowest BCUT2D eigenvalue weighted by Gasteiger charge is -2.14. The van der Waals surface area contributed by atoms with Crippen LogP contribution in [-0.4, -0.2) is 57.2 Å². The zero-order valence-corrected chi connectivity index (χ0v) is 17.7. The van der Waals surface area contributed by atoms with Gasteiger partial charge in [-0.2, -0.15) is 5.10 Å². The largest absolute Gasteiger partial charge is 0.479 e. The maximum absolute atomic E-state index is 12.5. The Balaban J connectivity index is 1.42. The summed E-state index contributed by atoms with van der Waals surface area (Å²) in [5.41, 5.74) is 4.32. The third kappa shape index (κ3) is 4.55. The monoisotopic (exact) mass is 450 g/mol. The summed E-state index contributed by atoms with van der Waals surface area (Å²) in [6, 6.07) is 15.9. The minimum Gasteiger partial charge on any atom is -0.479 e. The van der Waals surface area contributed by atoms with Gasteiger partial charge in [0.25, 0.3) is 5.91 Å². The second-order valence-electron chi connectivity index (χ2n) is 7.58. The molecule has 4 rings (SSSR count). The predicted molar refractivity (Wildman–Crippen MR) is 118 cm³/mol. The molecular formula is C23H22N4O6. The number of hydrogen-bond acceptors (Lipinski definition) is 6. The average molecular weight is 450 g/mol. The van der Waals surface area contributed by atoms with Crippen LogP contribution in [0.15, 0.2) is 54.7 Å². The van der Waals surface area contributed by atoms with Crippen LogP contribution in [0.2, 0.25) is 0 Å². The number of aliphatic hydroxyl groups is 1. The summed E-state index contributed by atoms with van der Waals surface area (Å²) in [6.07, 6.45) is -1.09. The van der Waals surface area contributed by atoms with Gasteiger partial charge in [0.1, 0.15) is 6.61 Å². The van der Waals surface area contributed by atoms with E-state index in [1.165, 1.54) is 10.9 Å². The smallest absolute Gasteiger partial charge is 0.411 e. The quantitative estimate of drug-likeness (QED) is 0.431. The van der Waals surface area contributed by atoms with Gasteiger partial charge in [0, 0.05) is 19.2 Å². The van der Waals surface area contributed by atoms with Gasteiger partial charge >= 0.3 is 12.1 Å². The molecule has 0 saturated carbocycles. The van der Waals surface area contributed by atoms with E-state index < -0.39 is 30.6 Å². The second-order valence-corrected chi connectivity index (χ2v) is 7.58. The van der Waals surface area contributed by atoms with E-state index in [0.717, 1.165) is 22.3 Å². The Morgan fingerprint density at radius 2 is 1.70 bits per heavy atom. The first kappa shape index (κ1) is 22.0. The van der Waals surface area contributed by atoms with E-state index in [2.05, 4.69) is 15.7 Å². The molecule has 0 fully saturated rings. The molecule has 2 amide bonds. The number of benzene rings is 2. The van der Waals surface area contributed by atoms with Crippen LogP contribution in [0.5, 0.6) is 0 Å². The second kappa shape index (κ2) is 9.13. The van der Waals surface area contributed by atoms with Crippen LogP contribution in [0.3, 0.4) is 0 Å². The minimum atomic E-state index is -1.75. The number of rotatable bonds is 7. The van der Waals surface area contributed by atoms with Crippen molar-refractivity contribution in [1.29, 1.82) is 0 Å². The molecule has 3 aromatic rings. The first-order valence-electron chi connectivity index (χ1n) is 10.2. The summed E-state index contributed by atoms with van der Waals surface area (Å²) in [7, 11) is 1.56. The normalized spacial score (nSPS) is 13.0. The number of fused-ring (bicyclic) bond motifs is 3. The van der Waals surface area contributed by atoms with Crippen molar-refractivity contribution >= 4 is 23.7 Å². The Morgan fingerprint density at radius 3 is 2.30 bits per heavy atom. The molecule has 1 atom stereocenters. The number of nitrogens with zero attached hydrogens (tertiary/aromatic N) is 2. The fourth-order valence-electron chi connectivity index (χ4n) is 3.85. The molecule has 170 valence electrons. The van der Waals surface area contributed by atoms with E-state index in [4.69, 9.17) is 9.84 Å². The highest BCUT2D eigenvalue weighted by molar-refractivity contribution is 6.01. The molecule has 33 heavy (non-hydrogen) atoms. The van der Waals surface area contributed by atoms with Gasteiger partial charge in [-0.3, -0.25) is 14.8 Å². The van der Waals surface area contributed by atoms with Gasteiger partial charge < -0.3 is 20.3 Å². The number of anilines is 1. The van der Waals surface area contributed by atoms with Crippen LogP contribution in [0.1, 0.15) is 27.5 Å². The van der Waals surface area contributed by atoms with Gasteiger partial charge in [-0.05, 0) is 22.3 Å². The van der Waals surface area contributed by atoms with E-state index in [1.807, 2.05) is 48.5 Å². The van der Waals surface area contributed by atoms with E-state index in [0.29, 0.717) is 0 Å². The van der Waals surface area contributed by atoms with Crippen molar-refractivity contribution in [1.82, 2.24) is 15.1 Å². The zero-order valence-electron chi connectivity index (χ0n) is 17.7. The van der Waals surface area contributed by atoms with Crippen LogP contribution in [0, 0.1) is 0 Å². The van der Waals surface area contributed by atoms with Crippen molar-refractivity contribution in [2.75, 3.05) is 18.5 Å². The number of nitrogens with one attached hydrogen (secondary N) is 2. The molecule has 0 saturated heterocycles. The molecule has 1 aromatic heterocycles. The van der Waals surface area contributed by atoms with Crippen molar-refractivity contribution in [3.05, 3.63) is 71.5 Å². The number of aryl methyl sites for hydroxylation is 1. The molecule has 0 unspecified atom stereocenters. The topological polar surface area (TPSA) is 143 Å². The minimum absolute atomic E-state index is 0.0945. The summed E-state index contributed by atoms with van der Waals surface area (Å²) in [4.78, 5) is 35.6. The van der Waals surface area contributed by atoms with E-state index >= 15 is 0 Å². The molecule has 1 heterocycles. The highest BCUT2D eigenvalue weighted by atomic mass is 16.5. The summed E-state index contributed by atoms with van der Waals surface area (Å²) in [5, 5.41) is 26.8. The molecule has 10 nitrogen and oxygen atoms in total. The van der Waals surface area contributed by atoms with Crippen molar-refractivity contribution in [3.8, 4) is 11.1 Å². The van der Waals surface area contributed by atoms with Gasteiger partial charge in [0.2, 0.25) is 0 Å². The van der Waals surface area contributed by atoms with Gasteiger partial charge in [-0.25, -0.2) is 9.59 Å². The third-order valence-corrected chi connectivity index (χ3v) is 5.37. The summed E-state index contributed by atoms with van der Waals surface area (Å²) in [6.45, 7) is -0.401. The molecule has 4 N–H and O–H groups in total. The molecule has 0 aliphatic heterocycles. The number of aliphatic carboxylic acids is 1. The lowest BCUT2D eigenvalue weighted by Crippen LogP contribution is -2.37. The van der Waals surface area contributed by atoms with Crippen LogP contribution < -0.4 is 10.6 Å². The lowest BCUT2D eigenvalue weighted by molar-refractivity contribution is -0.146. The Morgan fingerprint density at radius 1 is 1.09 bits per heavy atom. The fourth-order valence-corrected chi connectivity index (χ4v) is 3.85. The molecule has 1 aliphatic carbocycles. The van der Waals surface area contributed by atoms with Gasteiger partial charge in [-0.1, -0.05) is 48.5 Å². The van der Waals surface area contributed by atoms with Gasteiger partial charge in [0.15, 0.2) is 11.8 Å². The number of aromatic nitrogens is 2. The summed E-state index contributed by atoms with van der Waals surface area (Å²) < 4.78 is 6.80. The van der Waals surface area contributed by atoms with Crippen LogP contribution in [0.4, 0.5) is 10.5 Å². The van der Waals surface area contributed by atoms with Gasteiger partial charge in [0.05, 0.1) is 12.2 Å². The number of ether oxygens (including phenoxy) is 1. The molecule has 0 spiro atoms. The molecule has 2 aromatic carbocycles. The van der Waals surface area contributed by atoms with E-state index in [9.17, 15) is 19.5 Å². The molecule has 10 heteroatoms. The van der Waals surface area contributed by atoms with Crippen molar-refractivity contribution in [2.45, 2.75) is 12.0 Å². The number of hydrogen-bond donors (Lipinski definition) is 4. The first-order chi connectivity index (χ1) is 15.8. The van der Waals surface area contributed by atoms with Crippen molar-refractivity contribution in [3.63, 3.8) is 0 Å². The van der Waals surface area contributed by atoms with Crippen LogP contribution >= 0.6 is 0 Å². The number of amides is 2. The highest BCUT2D eigenvalue weighted by Gasteiger charge is 2.29. The van der Waals surface area contributed by atoms with Crippen LogP contribution in [0.25, 0.3) is 11.1 Å². The number of carboxylic acids is 1. The Labute approximate surface area is 188 Å². The highest BCUT2D eigenvalue weighted by Crippen LogP contribution is 2.44. The number of carbonyl (C=O) groups is 3. The van der Waals surface area contributed by atoms with Crippen molar-refractivity contribution < 1.29 is 29.3 Å². The van der Waals surface area contributed by atoms with Crippen molar-refractivity contribution in [2.24, 2.45) is 7.05 Å². The Bertz CT molecular complexity index is 1180. The Kier molecular flexibility index (Phi) is 6.09. The fraction of sp³-hybridized carbons (Fsp3) is 0.217. The first-order valence-corrected chi connectivity index (χ1v) is 10.2. The molecule has 0 bridgehead atoms. The number of carboxylic acid groups (broad SMARTS) is 1. The maximum Gasteiger partial charge on any atom is 0.411 e. The molecule has 0 radical (unpaired) electrons. The lowest BCUT2D eigenvalue weighted by atomic mass is 9.98.